The van der Waals surface area contributed by atoms with E-state index >= 15 is 0 Å². The van der Waals surface area contributed by atoms with Gasteiger partial charge in [0.15, 0.2) is 0 Å². The summed E-state index contributed by atoms with van der Waals surface area (Å²) in [5, 5.41) is 2.91. The van der Waals surface area contributed by atoms with Gasteiger partial charge in [0.2, 0.25) is 11.8 Å². The number of carbonyl (C=O) groups excluding carboxylic acids is 2. The first-order valence-electron chi connectivity index (χ1n) is 7.75. The molecule has 1 aliphatic rings. The number of carbonyl (C=O) groups is 2. The van der Waals surface area contributed by atoms with Gasteiger partial charge in [0.25, 0.3) is 0 Å². The number of nitrogens with one attached hydrogen (secondary N) is 1. The van der Waals surface area contributed by atoms with Crippen LogP contribution in [0.15, 0.2) is 11.6 Å². The quantitative estimate of drug-likeness (QED) is 0.729. The van der Waals surface area contributed by atoms with Gasteiger partial charge < -0.3 is 10.2 Å². The minimum absolute atomic E-state index is 0.0271. The van der Waals surface area contributed by atoms with Crippen LogP contribution >= 0.6 is 0 Å². The minimum atomic E-state index is -0.0628. The van der Waals surface area contributed by atoms with Gasteiger partial charge in [0, 0.05) is 19.5 Å². The van der Waals surface area contributed by atoms with E-state index in [1.165, 1.54) is 25.3 Å². The molecule has 0 bridgehead atoms. The SMILES string of the molecule is CCC(C)NC(=O)CN(CCC1=CCCCC1)C(C)=O. The van der Waals surface area contributed by atoms with Crippen LogP contribution in [0.5, 0.6) is 0 Å². The van der Waals surface area contributed by atoms with Crippen LogP contribution < -0.4 is 5.32 Å². The summed E-state index contributed by atoms with van der Waals surface area (Å²) < 4.78 is 0. The molecule has 0 heterocycles. The van der Waals surface area contributed by atoms with Crippen LogP contribution in [-0.4, -0.2) is 35.8 Å². The Balaban J connectivity index is 2.41. The Labute approximate surface area is 122 Å². The van der Waals surface area contributed by atoms with Gasteiger partial charge in [-0.2, -0.15) is 0 Å². The molecule has 0 fully saturated rings. The van der Waals surface area contributed by atoms with Gasteiger partial charge in [-0.3, -0.25) is 9.59 Å². The maximum atomic E-state index is 11.9. The smallest absolute Gasteiger partial charge is 0.239 e. The summed E-state index contributed by atoms with van der Waals surface area (Å²) in [4.78, 5) is 25.1. The van der Waals surface area contributed by atoms with Gasteiger partial charge in [-0.15, -0.1) is 0 Å². The van der Waals surface area contributed by atoms with Crippen molar-refractivity contribution in [3.05, 3.63) is 11.6 Å². The highest BCUT2D eigenvalue weighted by atomic mass is 16.2. The van der Waals surface area contributed by atoms with Crippen molar-refractivity contribution in [1.29, 1.82) is 0 Å². The minimum Gasteiger partial charge on any atom is -0.352 e. The number of allylic oxidation sites excluding steroid dienone is 1. The van der Waals surface area contributed by atoms with Crippen LogP contribution in [0.1, 0.15) is 59.3 Å². The number of hydrogen-bond donors (Lipinski definition) is 1. The highest BCUT2D eigenvalue weighted by Gasteiger charge is 2.15. The second-order valence-electron chi connectivity index (χ2n) is 5.68. The Bertz CT molecular complexity index is 363. The van der Waals surface area contributed by atoms with Crippen molar-refractivity contribution in [2.75, 3.05) is 13.1 Å². The molecule has 0 saturated heterocycles. The summed E-state index contributed by atoms with van der Waals surface area (Å²) in [5.74, 6) is -0.0899. The third kappa shape index (κ3) is 6.22. The molecule has 4 heteroatoms. The van der Waals surface area contributed by atoms with Crippen molar-refractivity contribution < 1.29 is 9.59 Å². The Hall–Kier alpha value is -1.32. The number of rotatable bonds is 7. The zero-order chi connectivity index (χ0) is 15.0. The monoisotopic (exact) mass is 280 g/mol. The fourth-order valence-electron chi connectivity index (χ4n) is 2.35. The average molecular weight is 280 g/mol. The molecule has 0 saturated carbocycles. The molecule has 114 valence electrons. The Morgan fingerprint density at radius 2 is 2.15 bits per heavy atom. The summed E-state index contributed by atoms with van der Waals surface area (Å²) in [6.07, 6.45) is 8.92. The Morgan fingerprint density at radius 3 is 2.70 bits per heavy atom. The van der Waals surface area contributed by atoms with Crippen LogP contribution in [-0.2, 0) is 9.59 Å². The second-order valence-corrected chi connectivity index (χ2v) is 5.68. The van der Waals surface area contributed by atoms with Crippen molar-refractivity contribution in [2.45, 2.75) is 65.3 Å². The van der Waals surface area contributed by atoms with E-state index < -0.39 is 0 Å². The van der Waals surface area contributed by atoms with E-state index in [2.05, 4.69) is 11.4 Å². The predicted octanol–water partition coefficient (Wildman–Crippen LogP) is 2.64. The second kappa shape index (κ2) is 8.77. The van der Waals surface area contributed by atoms with Crippen LogP contribution in [0.3, 0.4) is 0 Å². The number of amides is 2. The molecule has 2 amide bonds. The summed E-state index contributed by atoms with van der Waals surface area (Å²) in [7, 11) is 0. The molecule has 0 aromatic heterocycles. The lowest BCUT2D eigenvalue weighted by Gasteiger charge is -2.23. The molecule has 1 N–H and O–H groups in total. The highest BCUT2D eigenvalue weighted by molar-refractivity contribution is 5.83. The third-order valence-electron chi connectivity index (χ3n) is 3.89. The zero-order valence-electron chi connectivity index (χ0n) is 13.1. The Morgan fingerprint density at radius 1 is 1.40 bits per heavy atom. The van der Waals surface area contributed by atoms with Crippen molar-refractivity contribution in [3.63, 3.8) is 0 Å². The lowest BCUT2D eigenvalue weighted by molar-refractivity contribution is -0.134. The Kier molecular flexibility index (Phi) is 7.34. The molecule has 0 radical (unpaired) electrons. The zero-order valence-corrected chi connectivity index (χ0v) is 13.1. The van der Waals surface area contributed by atoms with Gasteiger partial charge in [-0.05, 0) is 45.4 Å². The first kappa shape index (κ1) is 16.7. The third-order valence-corrected chi connectivity index (χ3v) is 3.89. The van der Waals surface area contributed by atoms with E-state index in [-0.39, 0.29) is 24.4 Å². The lowest BCUT2D eigenvalue weighted by Crippen LogP contribution is -2.43. The summed E-state index contributed by atoms with van der Waals surface area (Å²) in [6, 6.07) is 0.164. The van der Waals surface area contributed by atoms with Gasteiger partial charge >= 0.3 is 0 Å². The molecule has 20 heavy (non-hydrogen) atoms. The molecular weight excluding hydrogens is 252 g/mol. The van der Waals surface area contributed by atoms with Crippen molar-refractivity contribution in [2.24, 2.45) is 0 Å². The molecular formula is C16H28N2O2. The van der Waals surface area contributed by atoms with E-state index in [0.717, 1.165) is 25.7 Å². The largest absolute Gasteiger partial charge is 0.352 e. The van der Waals surface area contributed by atoms with Gasteiger partial charge in [0.05, 0.1) is 6.54 Å². The van der Waals surface area contributed by atoms with Crippen molar-refractivity contribution >= 4 is 11.8 Å². The predicted molar refractivity (Wildman–Crippen MR) is 81.3 cm³/mol. The van der Waals surface area contributed by atoms with E-state index in [1.54, 1.807) is 4.90 Å². The van der Waals surface area contributed by atoms with Crippen LogP contribution in [0, 0.1) is 0 Å². The maximum Gasteiger partial charge on any atom is 0.239 e. The molecule has 1 aliphatic carbocycles. The topological polar surface area (TPSA) is 49.4 Å². The highest BCUT2D eigenvalue weighted by Crippen LogP contribution is 2.20. The average Bonchev–Trinajstić information content (AvgIpc) is 2.44. The fraction of sp³-hybridized carbons (Fsp3) is 0.750. The summed E-state index contributed by atoms with van der Waals surface area (Å²) in [6.45, 7) is 6.36. The van der Waals surface area contributed by atoms with Gasteiger partial charge in [0.1, 0.15) is 0 Å². The molecule has 4 nitrogen and oxygen atoms in total. The molecule has 1 rings (SSSR count). The van der Waals surface area contributed by atoms with E-state index in [1.807, 2.05) is 13.8 Å². The first-order chi connectivity index (χ1) is 9.52. The van der Waals surface area contributed by atoms with Crippen molar-refractivity contribution in [1.82, 2.24) is 10.2 Å². The first-order valence-corrected chi connectivity index (χ1v) is 7.75. The van der Waals surface area contributed by atoms with E-state index in [0.29, 0.717) is 6.54 Å². The summed E-state index contributed by atoms with van der Waals surface area (Å²) >= 11 is 0. The van der Waals surface area contributed by atoms with E-state index in [4.69, 9.17) is 0 Å². The van der Waals surface area contributed by atoms with Crippen LogP contribution in [0.2, 0.25) is 0 Å². The van der Waals surface area contributed by atoms with Crippen LogP contribution in [0.25, 0.3) is 0 Å². The van der Waals surface area contributed by atoms with Crippen molar-refractivity contribution in [3.8, 4) is 0 Å². The van der Waals surface area contributed by atoms with E-state index in [9.17, 15) is 9.59 Å². The molecule has 0 aliphatic heterocycles. The molecule has 0 spiro atoms. The maximum absolute atomic E-state index is 11.9. The molecule has 1 unspecified atom stereocenters. The number of nitrogens with zero attached hydrogens (tertiary/aromatic N) is 1. The molecule has 0 aromatic rings. The fourth-order valence-corrected chi connectivity index (χ4v) is 2.35. The molecule has 1 atom stereocenters. The van der Waals surface area contributed by atoms with Gasteiger partial charge in [-0.25, -0.2) is 0 Å². The standard InChI is InChI=1S/C16H28N2O2/c1-4-13(2)17-16(20)12-18(14(3)19)11-10-15-8-6-5-7-9-15/h8,13H,4-7,9-12H2,1-3H3,(H,17,20). The van der Waals surface area contributed by atoms with Crippen LogP contribution in [0.4, 0.5) is 0 Å². The lowest BCUT2D eigenvalue weighted by atomic mass is 9.97. The number of hydrogen-bond acceptors (Lipinski definition) is 2. The molecule has 0 aromatic carbocycles. The normalized spacial score (nSPS) is 16.2. The van der Waals surface area contributed by atoms with Gasteiger partial charge in [-0.1, -0.05) is 18.6 Å². The summed E-state index contributed by atoms with van der Waals surface area (Å²) in [5.41, 5.74) is 1.44.